The molecular formula is C19H20ClN3O3. The summed E-state index contributed by atoms with van der Waals surface area (Å²) in [5.41, 5.74) is 1.29. The number of nitrogens with one attached hydrogen (secondary N) is 1. The lowest BCUT2D eigenvalue weighted by Crippen LogP contribution is -2.44. The largest absolute Gasteiger partial charge is 0.349 e. The van der Waals surface area contributed by atoms with Crippen molar-refractivity contribution < 1.29 is 9.72 Å². The van der Waals surface area contributed by atoms with Gasteiger partial charge >= 0.3 is 0 Å². The third-order valence-electron chi connectivity index (χ3n) is 4.58. The van der Waals surface area contributed by atoms with Gasteiger partial charge < -0.3 is 5.32 Å². The second-order valence-electron chi connectivity index (χ2n) is 6.43. The van der Waals surface area contributed by atoms with Crippen LogP contribution in [0.5, 0.6) is 0 Å². The Morgan fingerprint density at radius 1 is 1.19 bits per heavy atom. The van der Waals surface area contributed by atoms with Crippen LogP contribution in [0.1, 0.15) is 28.8 Å². The molecule has 0 atom stereocenters. The summed E-state index contributed by atoms with van der Waals surface area (Å²) in [6.45, 7) is 2.71. The Labute approximate surface area is 156 Å². The highest BCUT2D eigenvalue weighted by Crippen LogP contribution is 2.25. The van der Waals surface area contributed by atoms with Gasteiger partial charge in [0.15, 0.2) is 0 Å². The monoisotopic (exact) mass is 373 g/mol. The molecule has 0 unspecified atom stereocenters. The van der Waals surface area contributed by atoms with E-state index in [0.717, 1.165) is 32.5 Å². The summed E-state index contributed by atoms with van der Waals surface area (Å²) in [5.74, 6) is -0.300. The minimum absolute atomic E-state index is 0.0285. The number of hydrogen-bond donors (Lipinski definition) is 1. The number of amides is 1. The van der Waals surface area contributed by atoms with Crippen molar-refractivity contribution in [2.75, 3.05) is 13.1 Å². The molecule has 1 amide bonds. The minimum atomic E-state index is -0.582. The van der Waals surface area contributed by atoms with Gasteiger partial charge in [-0.25, -0.2) is 0 Å². The Balaban J connectivity index is 1.53. The maximum absolute atomic E-state index is 12.4. The first-order chi connectivity index (χ1) is 12.5. The number of carbonyl (C=O) groups is 1. The summed E-state index contributed by atoms with van der Waals surface area (Å²) in [4.78, 5) is 25.1. The number of hydrogen-bond acceptors (Lipinski definition) is 4. The van der Waals surface area contributed by atoms with Crippen molar-refractivity contribution in [3.05, 3.63) is 74.8 Å². The molecule has 0 aliphatic carbocycles. The Morgan fingerprint density at radius 2 is 1.88 bits per heavy atom. The zero-order valence-corrected chi connectivity index (χ0v) is 15.0. The molecule has 26 heavy (non-hydrogen) atoms. The topological polar surface area (TPSA) is 75.5 Å². The predicted molar refractivity (Wildman–Crippen MR) is 100 cm³/mol. The predicted octanol–water partition coefficient (Wildman–Crippen LogP) is 3.64. The fourth-order valence-electron chi connectivity index (χ4n) is 3.14. The van der Waals surface area contributed by atoms with Crippen LogP contribution in [-0.4, -0.2) is 34.9 Å². The van der Waals surface area contributed by atoms with Crippen LogP contribution in [0, 0.1) is 10.1 Å². The Bertz CT molecular complexity index is 790. The fourth-order valence-corrected chi connectivity index (χ4v) is 3.33. The van der Waals surface area contributed by atoms with E-state index in [1.165, 1.54) is 23.8 Å². The summed E-state index contributed by atoms with van der Waals surface area (Å²) in [6, 6.07) is 14.5. The fraction of sp³-hybridized carbons (Fsp3) is 0.316. The number of halogens is 1. The molecule has 1 aliphatic rings. The first-order valence-electron chi connectivity index (χ1n) is 8.54. The molecule has 0 bridgehead atoms. The van der Waals surface area contributed by atoms with E-state index < -0.39 is 4.92 Å². The van der Waals surface area contributed by atoms with Crippen molar-refractivity contribution in [3.8, 4) is 0 Å². The molecule has 1 N–H and O–H groups in total. The van der Waals surface area contributed by atoms with Gasteiger partial charge in [-0.05, 0) is 30.5 Å². The summed E-state index contributed by atoms with van der Waals surface area (Å²) in [5, 5.41) is 14.0. The molecule has 6 nitrogen and oxygen atoms in total. The quantitative estimate of drug-likeness (QED) is 0.641. The average molecular weight is 374 g/mol. The molecule has 7 heteroatoms. The number of nitrogens with zero attached hydrogens (tertiary/aromatic N) is 2. The second-order valence-corrected chi connectivity index (χ2v) is 6.84. The zero-order chi connectivity index (χ0) is 18.5. The molecular weight excluding hydrogens is 354 g/mol. The van der Waals surface area contributed by atoms with E-state index in [0.29, 0.717) is 0 Å². The van der Waals surface area contributed by atoms with Gasteiger partial charge in [-0.1, -0.05) is 41.9 Å². The lowest BCUT2D eigenvalue weighted by Gasteiger charge is -2.32. The first-order valence-corrected chi connectivity index (χ1v) is 8.92. The molecule has 2 aromatic carbocycles. The average Bonchev–Trinajstić information content (AvgIpc) is 2.64. The van der Waals surface area contributed by atoms with Gasteiger partial charge in [0.25, 0.3) is 11.6 Å². The standard InChI is InChI=1S/C19H20ClN3O3/c20-17-7-6-15(12-18(17)23(25)26)19(24)21-16-8-10-22(11-9-16)13-14-4-2-1-3-5-14/h1-7,12,16H,8-11,13H2,(H,21,24). The second kappa shape index (κ2) is 8.29. The van der Waals surface area contributed by atoms with Crippen molar-refractivity contribution in [2.24, 2.45) is 0 Å². The lowest BCUT2D eigenvalue weighted by molar-refractivity contribution is -0.384. The molecule has 0 spiro atoms. The molecule has 0 aromatic heterocycles. The number of carbonyl (C=O) groups excluding carboxylic acids is 1. The van der Waals surface area contributed by atoms with Crippen LogP contribution in [-0.2, 0) is 6.54 Å². The first kappa shape index (κ1) is 18.4. The van der Waals surface area contributed by atoms with Crippen LogP contribution in [0.2, 0.25) is 5.02 Å². The molecule has 1 heterocycles. The van der Waals surface area contributed by atoms with Crippen molar-refractivity contribution in [3.63, 3.8) is 0 Å². The van der Waals surface area contributed by atoms with E-state index >= 15 is 0 Å². The van der Waals surface area contributed by atoms with Crippen molar-refractivity contribution in [1.82, 2.24) is 10.2 Å². The van der Waals surface area contributed by atoms with Crippen molar-refractivity contribution >= 4 is 23.2 Å². The van der Waals surface area contributed by atoms with Crippen LogP contribution >= 0.6 is 11.6 Å². The SMILES string of the molecule is O=C(NC1CCN(Cc2ccccc2)CC1)c1ccc(Cl)c([N+](=O)[O-])c1. The van der Waals surface area contributed by atoms with Crippen LogP contribution in [0.25, 0.3) is 0 Å². The van der Waals surface area contributed by atoms with E-state index in [-0.39, 0.29) is 28.2 Å². The summed E-state index contributed by atoms with van der Waals surface area (Å²) in [7, 11) is 0. The number of likely N-dealkylation sites (tertiary alicyclic amines) is 1. The van der Waals surface area contributed by atoms with Gasteiger partial charge in [-0.15, -0.1) is 0 Å². The Morgan fingerprint density at radius 3 is 2.54 bits per heavy atom. The molecule has 0 saturated carbocycles. The van der Waals surface area contributed by atoms with Crippen LogP contribution in [0.3, 0.4) is 0 Å². The van der Waals surface area contributed by atoms with Crippen LogP contribution in [0.15, 0.2) is 48.5 Å². The molecule has 2 aromatic rings. The number of nitro benzene ring substituents is 1. The Kier molecular flexibility index (Phi) is 5.85. The van der Waals surface area contributed by atoms with Gasteiger partial charge in [0.05, 0.1) is 4.92 Å². The maximum atomic E-state index is 12.4. The highest BCUT2D eigenvalue weighted by Gasteiger charge is 2.22. The lowest BCUT2D eigenvalue weighted by atomic mass is 10.0. The van der Waals surface area contributed by atoms with Gasteiger partial charge in [-0.3, -0.25) is 19.8 Å². The van der Waals surface area contributed by atoms with E-state index in [1.54, 1.807) is 0 Å². The number of nitro groups is 1. The third-order valence-corrected chi connectivity index (χ3v) is 4.90. The van der Waals surface area contributed by atoms with Gasteiger partial charge in [0, 0.05) is 37.3 Å². The molecule has 0 radical (unpaired) electrons. The molecule has 3 rings (SSSR count). The zero-order valence-electron chi connectivity index (χ0n) is 14.2. The van der Waals surface area contributed by atoms with Gasteiger partial charge in [0.1, 0.15) is 5.02 Å². The Hall–Kier alpha value is -2.44. The molecule has 1 aliphatic heterocycles. The van der Waals surface area contributed by atoms with Crippen molar-refractivity contribution in [2.45, 2.75) is 25.4 Å². The smallest absolute Gasteiger partial charge is 0.288 e. The van der Waals surface area contributed by atoms with E-state index in [4.69, 9.17) is 11.6 Å². The van der Waals surface area contributed by atoms with E-state index in [1.807, 2.05) is 18.2 Å². The molecule has 136 valence electrons. The minimum Gasteiger partial charge on any atom is -0.349 e. The molecule has 1 saturated heterocycles. The highest BCUT2D eigenvalue weighted by atomic mass is 35.5. The molecule has 1 fully saturated rings. The number of benzene rings is 2. The highest BCUT2D eigenvalue weighted by molar-refractivity contribution is 6.32. The maximum Gasteiger partial charge on any atom is 0.288 e. The van der Waals surface area contributed by atoms with Crippen LogP contribution < -0.4 is 5.32 Å². The normalized spacial score (nSPS) is 15.6. The summed E-state index contributed by atoms with van der Waals surface area (Å²) < 4.78 is 0. The van der Waals surface area contributed by atoms with E-state index in [2.05, 4.69) is 22.3 Å². The summed E-state index contributed by atoms with van der Waals surface area (Å²) in [6.07, 6.45) is 1.71. The third kappa shape index (κ3) is 4.59. The van der Waals surface area contributed by atoms with Crippen LogP contribution in [0.4, 0.5) is 5.69 Å². The van der Waals surface area contributed by atoms with Crippen molar-refractivity contribution in [1.29, 1.82) is 0 Å². The van der Waals surface area contributed by atoms with Gasteiger partial charge in [0.2, 0.25) is 0 Å². The van der Waals surface area contributed by atoms with Gasteiger partial charge in [-0.2, -0.15) is 0 Å². The summed E-state index contributed by atoms with van der Waals surface area (Å²) >= 11 is 5.79. The van der Waals surface area contributed by atoms with E-state index in [9.17, 15) is 14.9 Å². The number of rotatable bonds is 5. The number of piperidine rings is 1.